The molecule has 18 heavy (non-hydrogen) atoms. The van der Waals surface area contributed by atoms with Crippen LogP contribution in [0.5, 0.6) is 5.75 Å². The quantitative estimate of drug-likeness (QED) is 0.765. The molecule has 0 aliphatic heterocycles. The molecule has 3 aromatic rings. The molecule has 0 atom stereocenters. The Hall–Kier alpha value is -2.07. The van der Waals surface area contributed by atoms with Gasteiger partial charge >= 0.3 is 0 Å². The Bertz CT molecular complexity index is 744. The van der Waals surface area contributed by atoms with Gasteiger partial charge in [-0.3, -0.25) is 4.79 Å². The first kappa shape index (κ1) is 11.0. The highest BCUT2D eigenvalue weighted by Gasteiger charge is 2.05. The number of H-pyrrole nitrogens is 1. The van der Waals surface area contributed by atoms with Crippen molar-refractivity contribution in [3.05, 3.63) is 52.0 Å². The standard InChI is InChI=1S/C14H11NO2S/c1-17-9-4-5-11-10(7-9)13(16)8-12(15-11)14-3-2-6-18-14/h2-8H,1H3,(H,15,16). The van der Waals surface area contributed by atoms with E-state index in [2.05, 4.69) is 4.98 Å². The third kappa shape index (κ3) is 1.80. The lowest BCUT2D eigenvalue weighted by Gasteiger charge is -2.04. The van der Waals surface area contributed by atoms with Crippen molar-refractivity contribution in [2.75, 3.05) is 7.11 Å². The summed E-state index contributed by atoms with van der Waals surface area (Å²) in [4.78, 5) is 16.4. The number of rotatable bonds is 2. The summed E-state index contributed by atoms with van der Waals surface area (Å²) in [7, 11) is 1.59. The average molecular weight is 257 g/mol. The fourth-order valence-electron chi connectivity index (χ4n) is 1.92. The Kier molecular flexibility index (Phi) is 2.64. The summed E-state index contributed by atoms with van der Waals surface area (Å²) in [6.45, 7) is 0. The SMILES string of the molecule is COc1ccc2[nH]c(-c3cccs3)cc(=O)c2c1. The number of ether oxygens (including phenoxy) is 1. The van der Waals surface area contributed by atoms with E-state index in [9.17, 15) is 4.79 Å². The Labute approximate surface area is 108 Å². The molecule has 0 amide bonds. The first-order chi connectivity index (χ1) is 8.78. The number of aromatic nitrogens is 1. The molecule has 0 fully saturated rings. The van der Waals surface area contributed by atoms with Gasteiger partial charge in [0.1, 0.15) is 5.75 Å². The van der Waals surface area contributed by atoms with Crippen molar-refractivity contribution in [1.29, 1.82) is 0 Å². The second-order valence-corrected chi connectivity index (χ2v) is 4.88. The molecular weight excluding hydrogens is 246 g/mol. The van der Waals surface area contributed by atoms with Gasteiger partial charge in [0.05, 0.1) is 23.2 Å². The number of pyridine rings is 1. The van der Waals surface area contributed by atoms with E-state index in [1.807, 2.05) is 29.6 Å². The molecule has 0 unspecified atom stereocenters. The van der Waals surface area contributed by atoms with Crippen LogP contribution in [-0.2, 0) is 0 Å². The topological polar surface area (TPSA) is 42.1 Å². The lowest BCUT2D eigenvalue weighted by molar-refractivity contribution is 0.415. The van der Waals surface area contributed by atoms with Gasteiger partial charge in [-0.15, -0.1) is 11.3 Å². The Balaban J connectivity index is 2.26. The first-order valence-corrected chi connectivity index (χ1v) is 6.41. The molecular formula is C14H11NO2S. The molecule has 4 heteroatoms. The zero-order valence-electron chi connectivity index (χ0n) is 9.77. The van der Waals surface area contributed by atoms with E-state index < -0.39 is 0 Å². The highest BCUT2D eigenvalue weighted by atomic mass is 32.1. The second kappa shape index (κ2) is 4.31. The van der Waals surface area contributed by atoms with Gasteiger partial charge in [-0.2, -0.15) is 0 Å². The van der Waals surface area contributed by atoms with E-state index >= 15 is 0 Å². The average Bonchev–Trinajstić information content (AvgIpc) is 2.92. The maximum atomic E-state index is 12.1. The zero-order chi connectivity index (χ0) is 12.5. The molecule has 3 nitrogen and oxygen atoms in total. The predicted octanol–water partition coefficient (Wildman–Crippen LogP) is 3.27. The smallest absolute Gasteiger partial charge is 0.190 e. The van der Waals surface area contributed by atoms with Gasteiger partial charge in [-0.1, -0.05) is 6.07 Å². The minimum atomic E-state index is 0.00560. The summed E-state index contributed by atoms with van der Waals surface area (Å²) in [5.74, 6) is 0.692. The zero-order valence-corrected chi connectivity index (χ0v) is 10.6. The lowest BCUT2D eigenvalue weighted by atomic mass is 10.1. The number of aromatic amines is 1. The molecule has 0 spiro atoms. The van der Waals surface area contributed by atoms with Crippen LogP contribution in [0.2, 0.25) is 0 Å². The molecule has 3 rings (SSSR count). The normalized spacial score (nSPS) is 10.7. The van der Waals surface area contributed by atoms with Crippen LogP contribution in [0.25, 0.3) is 21.5 Å². The molecule has 0 aliphatic carbocycles. The maximum absolute atomic E-state index is 12.1. The van der Waals surface area contributed by atoms with Crippen LogP contribution in [0, 0.1) is 0 Å². The molecule has 90 valence electrons. The van der Waals surface area contributed by atoms with Crippen LogP contribution in [-0.4, -0.2) is 12.1 Å². The van der Waals surface area contributed by atoms with Gasteiger partial charge in [0, 0.05) is 11.5 Å². The van der Waals surface area contributed by atoms with Gasteiger partial charge in [-0.05, 0) is 29.6 Å². The third-order valence-corrected chi connectivity index (χ3v) is 3.73. The molecule has 1 aromatic carbocycles. The largest absolute Gasteiger partial charge is 0.497 e. The van der Waals surface area contributed by atoms with Crippen molar-refractivity contribution in [3.63, 3.8) is 0 Å². The van der Waals surface area contributed by atoms with E-state index in [0.717, 1.165) is 16.1 Å². The van der Waals surface area contributed by atoms with E-state index in [1.165, 1.54) is 0 Å². The minimum Gasteiger partial charge on any atom is -0.497 e. The number of benzene rings is 1. The number of fused-ring (bicyclic) bond motifs is 1. The van der Waals surface area contributed by atoms with Crippen molar-refractivity contribution in [1.82, 2.24) is 4.98 Å². The molecule has 2 aromatic heterocycles. The summed E-state index contributed by atoms with van der Waals surface area (Å²) in [5, 5.41) is 2.64. The maximum Gasteiger partial charge on any atom is 0.190 e. The second-order valence-electron chi connectivity index (χ2n) is 3.94. The van der Waals surface area contributed by atoms with Gasteiger partial charge in [0.15, 0.2) is 5.43 Å². The third-order valence-electron chi connectivity index (χ3n) is 2.82. The predicted molar refractivity (Wildman–Crippen MR) is 74.4 cm³/mol. The van der Waals surface area contributed by atoms with E-state index in [0.29, 0.717) is 11.1 Å². The van der Waals surface area contributed by atoms with Crippen molar-refractivity contribution in [2.45, 2.75) is 0 Å². The Morgan fingerprint density at radius 3 is 2.83 bits per heavy atom. The number of methoxy groups -OCH3 is 1. The number of thiophene rings is 1. The van der Waals surface area contributed by atoms with Crippen LogP contribution in [0.3, 0.4) is 0 Å². The minimum absolute atomic E-state index is 0.00560. The summed E-state index contributed by atoms with van der Waals surface area (Å²) in [6, 6.07) is 11.1. The van der Waals surface area contributed by atoms with E-state index in [1.54, 1.807) is 30.6 Å². The molecule has 2 heterocycles. The van der Waals surface area contributed by atoms with Crippen LogP contribution in [0.15, 0.2) is 46.6 Å². The Morgan fingerprint density at radius 1 is 1.22 bits per heavy atom. The van der Waals surface area contributed by atoms with Crippen LogP contribution in [0.4, 0.5) is 0 Å². The summed E-state index contributed by atoms with van der Waals surface area (Å²) >= 11 is 1.61. The van der Waals surface area contributed by atoms with Gasteiger partial charge in [-0.25, -0.2) is 0 Å². The molecule has 0 aliphatic rings. The Morgan fingerprint density at radius 2 is 2.11 bits per heavy atom. The summed E-state index contributed by atoms with van der Waals surface area (Å²) < 4.78 is 5.13. The summed E-state index contributed by atoms with van der Waals surface area (Å²) in [6.07, 6.45) is 0. The van der Waals surface area contributed by atoms with Crippen molar-refractivity contribution in [3.8, 4) is 16.3 Å². The molecule has 0 radical (unpaired) electrons. The molecule has 1 N–H and O–H groups in total. The van der Waals surface area contributed by atoms with E-state index in [4.69, 9.17) is 4.74 Å². The molecule has 0 bridgehead atoms. The van der Waals surface area contributed by atoms with Gasteiger partial charge in [0.25, 0.3) is 0 Å². The molecule has 0 saturated heterocycles. The van der Waals surface area contributed by atoms with Crippen molar-refractivity contribution >= 4 is 22.2 Å². The first-order valence-electron chi connectivity index (χ1n) is 5.53. The van der Waals surface area contributed by atoms with E-state index in [-0.39, 0.29) is 5.43 Å². The van der Waals surface area contributed by atoms with Gasteiger partial charge < -0.3 is 9.72 Å². The van der Waals surface area contributed by atoms with Crippen molar-refractivity contribution in [2.24, 2.45) is 0 Å². The summed E-state index contributed by atoms with van der Waals surface area (Å²) in [5.41, 5.74) is 1.69. The van der Waals surface area contributed by atoms with Crippen LogP contribution in [0.1, 0.15) is 0 Å². The lowest BCUT2D eigenvalue weighted by Crippen LogP contribution is -2.02. The van der Waals surface area contributed by atoms with Crippen LogP contribution < -0.4 is 10.2 Å². The highest BCUT2D eigenvalue weighted by molar-refractivity contribution is 7.13. The fourth-order valence-corrected chi connectivity index (χ4v) is 2.62. The highest BCUT2D eigenvalue weighted by Crippen LogP contribution is 2.24. The number of nitrogens with one attached hydrogen (secondary N) is 1. The van der Waals surface area contributed by atoms with Crippen LogP contribution >= 0.6 is 11.3 Å². The van der Waals surface area contributed by atoms with Gasteiger partial charge in [0.2, 0.25) is 0 Å². The monoisotopic (exact) mass is 257 g/mol. The fraction of sp³-hybridized carbons (Fsp3) is 0.0714. The number of hydrogen-bond acceptors (Lipinski definition) is 3. The number of hydrogen-bond donors (Lipinski definition) is 1. The van der Waals surface area contributed by atoms with Crippen molar-refractivity contribution < 1.29 is 4.74 Å². The molecule has 0 saturated carbocycles.